The van der Waals surface area contributed by atoms with Crippen LogP contribution in [0.3, 0.4) is 0 Å². The van der Waals surface area contributed by atoms with Gasteiger partial charge in [0.05, 0.1) is 0 Å². The topological polar surface area (TPSA) is 34.1 Å². The normalized spacial score (nSPS) is 8.50. The number of carbonyl (C=O) groups excluding carboxylic acids is 2. The lowest BCUT2D eigenvalue weighted by Gasteiger charge is -1.69. The maximum Gasteiger partial charge on any atom is 0.152 e. The SMILES string of the molecule is CC.CC=CC(C)=O.CC=CC(C)=O.c1ccccc1. The van der Waals surface area contributed by atoms with Crippen molar-refractivity contribution in [3.63, 3.8) is 0 Å². The van der Waals surface area contributed by atoms with E-state index in [1.165, 1.54) is 26.0 Å². The lowest BCUT2D eigenvalue weighted by molar-refractivity contribution is -0.113. The first-order chi connectivity index (χ1) is 9.54. The Balaban J connectivity index is -0.000000204. The van der Waals surface area contributed by atoms with Crippen molar-refractivity contribution in [2.45, 2.75) is 41.5 Å². The van der Waals surface area contributed by atoms with Crippen molar-refractivity contribution in [3.05, 3.63) is 60.7 Å². The summed E-state index contributed by atoms with van der Waals surface area (Å²) in [7, 11) is 0. The zero-order chi connectivity index (χ0) is 16.2. The fourth-order valence-corrected chi connectivity index (χ4v) is 0.854. The van der Waals surface area contributed by atoms with Gasteiger partial charge in [0.2, 0.25) is 0 Å². The second kappa shape index (κ2) is 22.2. The van der Waals surface area contributed by atoms with Crippen molar-refractivity contribution in [2.24, 2.45) is 0 Å². The Morgan fingerprint density at radius 2 is 0.850 bits per heavy atom. The molecule has 0 aliphatic rings. The van der Waals surface area contributed by atoms with Crippen molar-refractivity contribution in [2.75, 3.05) is 0 Å². The molecule has 2 nitrogen and oxygen atoms in total. The molecule has 0 aliphatic heterocycles. The average molecular weight is 276 g/mol. The minimum atomic E-state index is 0.109. The molecule has 0 unspecified atom stereocenters. The molecule has 0 bridgehead atoms. The lowest BCUT2D eigenvalue weighted by atomic mass is 10.4. The smallest absolute Gasteiger partial charge is 0.152 e. The number of ketones is 2. The van der Waals surface area contributed by atoms with E-state index in [1.807, 2.05) is 64.1 Å². The van der Waals surface area contributed by atoms with E-state index in [2.05, 4.69) is 0 Å². The second-order valence-electron chi connectivity index (χ2n) is 3.38. The molecule has 1 rings (SSSR count). The number of hydrogen-bond donors (Lipinski definition) is 0. The van der Waals surface area contributed by atoms with E-state index >= 15 is 0 Å². The Labute approximate surface area is 124 Å². The first-order valence-corrected chi connectivity index (χ1v) is 6.81. The van der Waals surface area contributed by atoms with Crippen LogP contribution < -0.4 is 0 Å². The summed E-state index contributed by atoms with van der Waals surface area (Å²) in [5.41, 5.74) is 0. The third kappa shape index (κ3) is 36.0. The molecule has 112 valence electrons. The minimum absolute atomic E-state index is 0.109. The predicted octanol–water partition coefficient (Wildman–Crippen LogP) is 5.02. The molecule has 0 amide bonds. The quantitative estimate of drug-likeness (QED) is 0.711. The maximum absolute atomic E-state index is 9.96. The minimum Gasteiger partial charge on any atom is -0.295 e. The molecule has 1 aromatic carbocycles. The van der Waals surface area contributed by atoms with E-state index in [4.69, 9.17) is 0 Å². The molecule has 0 radical (unpaired) electrons. The molecule has 1 aromatic rings. The summed E-state index contributed by atoms with van der Waals surface area (Å²) in [5, 5.41) is 0. The highest BCUT2D eigenvalue weighted by molar-refractivity contribution is 5.87. The van der Waals surface area contributed by atoms with Crippen LogP contribution in [0.1, 0.15) is 41.5 Å². The molecule has 0 aliphatic carbocycles. The van der Waals surface area contributed by atoms with Gasteiger partial charge in [0.15, 0.2) is 11.6 Å². The van der Waals surface area contributed by atoms with Gasteiger partial charge in [0.25, 0.3) is 0 Å². The van der Waals surface area contributed by atoms with Crippen LogP contribution in [0.2, 0.25) is 0 Å². The van der Waals surface area contributed by atoms with Gasteiger partial charge < -0.3 is 0 Å². The van der Waals surface area contributed by atoms with Crippen LogP contribution in [0.15, 0.2) is 60.7 Å². The van der Waals surface area contributed by atoms with Crippen LogP contribution in [0, 0.1) is 0 Å². The molecule has 0 saturated carbocycles. The van der Waals surface area contributed by atoms with Crippen LogP contribution in [0.5, 0.6) is 0 Å². The second-order valence-corrected chi connectivity index (χ2v) is 3.38. The van der Waals surface area contributed by atoms with E-state index in [-0.39, 0.29) is 11.6 Å². The van der Waals surface area contributed by atoms with Gasteiger partial charge in [-0.2, -0.15) is 0 Å². The van der Waals surface area contributed by atoms with Gasteiger partial charge in [-0.3, -0.25) is 9.59 Å². The Kier molecular flexibility index (Phi) is 25.8. The van der Waals surface area contributed by atoms with Gasteiger partial charge in [0, 0.05) is 0 Å². The van der Waals surface area contributed by atoms with Crippen molar-refractivity contribution in [1.82, 2.24) is 0 Å². The fraction of sp³-hybridized carbons (Fsp3) is 0.333. The van der Waals surface area contributed by atoms with Gasteiger partial charge in [-0.05, 0) is 39.8 Å². The monoisotopic (exact) mass is 276 g/mol. The lowest BCUT2D eigenvalue weighted by Crippen LogP contribution is -1.76. The standard InChI is InChI=1S/C6H6.2C5H8O.C2H6/c1-2-4-6-5-3-1;2*1-3-4-5(2)6;1-2/h1-6H;2*3-4H,1-2H3;1-2H3. The largest absolute Gasteiger partial charge is 0.295 e. The Bertz CT molecular complexity index is 314. The zero-order valence-electron chi connectivity index (χ0n) is 13.6. The zero-order valence-corrected chi connectivity index (χ0v) is 13.6. The average Bonchev–Trinajstić information content (AvgIpc) is 2.44. The number of rotatable bonds is 2. The molecule has 20 heavy (non-hydrogen) atoms. The molecule has 0 fully saturated rings. The van der Waals surface area contributed by atoms with Gasteiger partial charge in [-0.1, -0.05) is 62.4 Å². The van der Waals surface area contributed by atoms with Gasteiger partial charge in [-0.15, -0.1) is 0 Å². The van der Waals surface area contributed by atoms with Gasteiger partial charge in [-0.25, -0.2) is 0 Å². The van der Waals surface area contributed by atoms with Crippen molar-refractivity contribution in [3.8, 4) is 0 Å². The molecule has 0 aromatic heterocycles. The Hall–Kier alpha value is -1.96. The van der Waals surface area contributed by atoms with Crippen LogP contribution >= 0.6 is 0 Å². The van der Waals surface area contributed by atoms with E-state index < -0.39 is 0 Å². The molecular formula is C18H28O2. The van der Waals surface area contributed by atoms with Crippen molar-refractivity contribution < 1.29 is 9.59 Å². The molecule has 0 N–H and O–H groups in total. The number of benzene rings is 1. The number of hydrogen-bond acceptors (Lipinski definition) is 2. The first-order valence-electron chi connectivity index (χ1n) is 6.81. The molecule has 2 heteroatoms. The highest BCUT2D eigenvalue weighted by Gasteiger charge is 1.73. The summed E-state index contributed by atoms with van der Waals surface area (Å²) in [4.78, 5) is 19.9. The van der Waals surface area contributed by atoms with Crippen molar-refractivity contribution >= 4 is 11.6 Å². The summed E-state index contributed by atoms with van der Waals surface area (Å²) < 4.78 is 0. The molecule has 0 saturated heterocycles. The maximum atomic E-state index is 9.96. The molecule has 0 atom stereocenters. The molecule has 0 spiro atoms. The van der Waals surface area contributed by atoms with Gasteiger partial charge in [0.1, 0.15) is 0 Å². The Morgan fingerprint density at radius 3 is 0.900 bits per heavy atom. The molecule has 0 heterocycles. The third-order valence-electron chi connectivity index (χ3n) is 1.47. The van der Waals surface area contributed by atoms with E-state index in [1.54, 1.807) is 12.2 Å². The third-order valence-corrected chi connectivity index (χ3v) is 1.47. The van der Waals surface area contributed by atoms with Crippen LogP contribution in [0.25, 0.3) is 0 Å². The number of carbonyl (C=O) groups is 2. The van der Waals surface area contributed by atoms with E-state index in [0.29, 0.717) is 0 Å². The van der Waals surface area contributed by atoms with Crippen molar-refractivity contribution in [1.29, 1.82) is 0 Å². The molecular weight excluding hydrogens is 248 g/mol. The van der Waals surface area contributed by atoms with Gasteiger partial charge >= 0.3 is 0 Å². The van der Waals surface area contributed by atoms with Crippen LogP contribution in [-0.2, 0) is 9.59 Å². The summed E-state index contributed by atoms with van der Waals surface area (Å²) in [6, 6.07) is 12.0. The van der Waals surface area contributed by atoms with Crippen LogP contribution in [-0.4, -0.2) is 11.6 Å². The Morgan fingerprint density at radius 1 is 0.650 bits per heavy atom. The highest BCUT2D eigenvalue weighted by atomic mass is 16.1. The summed E-state index contributed by atoms with van der Waals surface area (Å²) in [6.45, 7) is 10.7. The number of allylic oxidation sites excluding steroid dienone is 4. The highest BCUT2D eigenvalue weighted by Crippen LogP contribution is 1.79. The summed E-state index contributed by atoms with van der Waals surface area (Å²) in [6.07, 6.45) is 6.50. The summed E-state index contributed by atoms with van der Waals surface area (Å²) >= 11 is 0. The first kappa shape index (κ1) is 23.2. The fourth-order valence-electron chi connectivity index (χ4n) is 0.854. The summed E-state index contributed by atoms with van der Waals surface area (Å²) in [5.74, 6) is 0.218. The van der Waals surface area contributed by atoms with E-state index in [9.17, 15) is 9.59 Å². The van der Waals surface area contributed by atoms with Crippen LogP contribution in [0.4, 0.5) is 0 Å². The predicted molar refractivity (Wildman–Crippen MR) is 88.8 cm³/mol. The van der Waals surface area contributed by atoms with E-state index in [0.717, 1.165) is 0 Å².